The largest absolute Gasteiger partial charge is 0.491 e. The number of hydrogen-bond acceptors (Lipinski definition) is 5. The predicted molar refractivity (Wildman–Crippen MR) is 107 cm³/mol. The number of carbonyl (C=O) groups is 1. The summed E-state index contributed by atoms with van der Waals surface area (Å²) >= 11 is 0. The minimum absolute atomic E-state index is 0.172. The summed E-state index contributed by atoms with van der Waals surface area (Å²) in [4.78, 5) is 15.3. The van der Waals surface area contributed by atoms with Crippen molar-refractivity contribution in [1.29, 1.82) is 0 Å². The van der Waals surface area contributed by atoms with Crippen molar-refractivity contribution in [2.24, 2.45) is 4.99 Å². The molecule has 0 unspecified atom stereocenters. The van der Waals surface area contributed by atoms with Crippen LogP contribution in [-0.4, -0.2) is 52.5 Å². The van der Waals surface area contributed by atoms with E-state index in [1.54, 1.807) is 7.05 Å². The van der Waals surface area contributed by atoms with E-state index in [0.29, 0.717) is 38.7 Å². The van der Waals surface area contributed by atoms with Gasteiger partial charge in [0.2, 0.25) is 0 Å². The minimum atomic E-state index is -0.172. The Morgan fingerprint density at radius 1 is 1.19 bits per heavy atom. The van der Waals surface area contributed by atoms with Crippen LogP contribution in [0.4, 0.5) is 0 Å². The van der Waals surface area contributed by atoms with Crippen molar-refractivity contribution >= 4 is 11.9 Å². The summed E-state index contributed by atoms with van der Waals surface area (Å²) in [5.41, 5.74) is 2.21. The van der Waals surface area contributed by atoms with Crippen molar-refractivity contribution in [2.45, 2.75) is 39.7 Å². The van der Waals surface area contributed by atoms with Gasteiger partial charge in [-0.15, -0.1) is 0 Å². The third kappa shape index (κ3) is 9.84. The number of nitrogens with zero attached hydrogens (tertiary/aromatic N) is 1. The summed E-state index contributed by atoms with van der Waals surface area (Å²) in [6.07, 6.45) is 2.09. The number of aliphatic imine (C=N–C) groups is 1. The Morgan fingerprint density at radius 3 is 2.70 bits per heavy atom. The highest BCUT2D eigenvalue weighted by molar-refractivity contribution is 5.79. The third-order valence-electron chi connectivity index (χ3n) is 3.91. The van der Waals surface area contributed by atoms with E-state index in [-0.39, 0.29) is 5.97 Å². The molecule has 0 radical (unpaired) electrons. The lowest BCUT2D eigenvalue weighted by Gasteiger charge is -2.15. The summed E-state index contributed by atoms with van der Waals surface area (Å²) in [6.45, 7) is 7.14. The summed E-state index contributed by atoms with van der Waals surface area (Å²) in [5, 5.41) is 6.54. The normalized spacial score (nSPS) is 11.2. The number of esters is 1. The van der Waals surface area contributed by atoms with E-state index in [1.807, 2.05) is 19.9 Å². The number of aryl methyl sites for hydroxylation is 1. The molecule has 0 bridgehead atoms. The third-order valence-corrected chi connectivity index (χ3v) is 3.91. The van der Waals surface area contributed by atoms with E-state index in [4.69, 9.17) is 9.47 Å². The first-order valence-corrected chi connectivity index (χ1v) is 9.42. The molecule has 0 aliphatic heterocycles. The Hall–Kier alpha value is -2.28. The number of benzene rings is 1. The zero-order valence-corrected chi connectivity index (χ0v) is 17.0. The molecule has 27 heavy (non-hydrogen) atoms. The second-order valence-corrected chi connectivity index (χ2v) is 6.04. The van der Waals surface area contributed by atoms with Crippen LogP contribution in [0.5, 0.6) is 5.75 Å². The lowest BCUT2D eigenvalue weighted by Crippen LogP contribution is -2.37. The van der Waals surface area contributed by atoms with E-state index in [9.17, 15) is 4.79 Å². The number of unbranched alkanes of at least 4 members (excludes halogenated alkanes) is 1. The number of nitrogens with one attached hydrogen (secondary N) is 2. The standard InChI is InChI=1S/C20H33N3O4/c1-5-26-12-13-27-18-14-16(2)9-10-17(18)15-23-20(21-3)22-11-7-6-8-19(24)25-4/h9-10,14H,5-8,11-13,15H2,1-4H3,(H2,21,22,23). The highest BCUT2D eigenvalue weighted by Crippen LogP contribution is 2.20. The Balaban J connectivity index is 2.44. The van der Waals surface area contributed by atoms with Gasteiger partial charge < -0.3 is 24.8 Å². The number of ether oxygens (including phenoxy) is 3. The van der Waals surface area contributed by atoms with Gasteiger partial charge in [0.1, 0.15) is 12.4 Å². The molecule has 0 aliphatic carbocycles. The van der Waals surface area contributed by atoms with E-state index in [0.717, 1.165) is 36.3 Å². The highest BCUT2D eigenvalue weighted by Gasteiger charge is 2.06. The zero-order chi connectivity index (χ0) is 19.9. The van der Waals surface area contributed by atoms with Gasteiger partial charge in [0, 0.05) is 38.7 Å². The van der Waals surface area contributed by atoms with Gasteiger partial charge in [0.25, 0.3) is 0 Å². The number of rotatable bonds is 12. The van der Waals surface area contributed by atoms with Crippen LogP contribution in [0.25, 0.3) is 0 Å². The van der Waals surface area contributed by atoms with Crippen LogP contribution in [0.15, 0.2) is 23.2 Å². The summed E-state index contributed by atoms with van der Waals surface area (Å²) in [6, 6.07) is 6.16. The molecule has 0 amide bonds. The van der Waals surface area contributed by atoms with Gasteiger partial charge in [-0.25, -0.2) is 0 Å². The van der Waals surface area contributed by atoms with E-state index in [1.165, 1.54) is 7.11 Å². The molecular formula is C20H33N3O4. The number of methoxy groups -OCH3 is 1. The van der Waals surface area contributed by atoms with Crippen molar-refractivity contribution in [2.75, 3.05) is 40.5 Å². The molecule has 1 aromatic rings. The smallest absolute Gasteiger partial charge is 0.305 e. The average Bonchev–Trinajstić information content (AvgIpc) is 2.68. The molecular weight excluding hydrogens is 346 g/mol. The van der Waals surface area contributed by atoms with E-state index < -0.39 is 0 Å². The van der Waals surface area contributed by atoms with Gasteiger partial charge in [-0.05, 0) is 38.3 Å². The van der Waals surface area contributed by atoms with Crippen molar-refractivity contribution in [3.63, 3.8) is 0 Å². The van der Waals surface area contributed by atoms with Gasteiger partial charge in [-0.1, -0.05) is 12.1 Å². The van der Waals surface area contributed by atoms with Crippen molar-refractivity contribution < 1.29 is 19.0 Å². The van der Waals surface area contributed by atoms with Crippen LogP contribution in [0, 0.1) is 6.92 Å². The van der Waals surface area contributed by atoms with Crippen LogP contribution < -0.4 is 15.4 Å². The molecule has 7 heteroatoms. The lowest BCUT2D eigenvalue weighted by atomic mass is 10.1. The molecule has 2 N–H and O–H groups in total. The molecule has 0 saturated carbocycles. The number of carbonyl (C=O) groups excluding carboxylic acids is 1. The monoisotopic (exact) mass is 379 g/mol. The maximum Gasteiger partial charge on any atom is 0.305 e. The lowest BCUT2D eigenvalue weighted by molar-refractivity contribution is -0.140. The molecule has 1 rings (SSSR count). The van der Waals surface area contributed by atoms with Gasteiger partial charge >= 0.3 is 5.97 Å². The Morgan fingerprint density at radius 2 is 2.00 bits per heavy atom. The van der Waals surface area contributed by atoms with Gasteiger partial charge in [0.05, 0.1) is 13.7 Å². The summed E-state index contributed by atoms with van der Waals surface area (Å²) < 4.78 is 15.8. The van der Waals surface area contributed by atoms with Crippen LogP contribution in [-0.2, 0) is 20.8 Å². The second kappa shape index (κ2) is 13.9. The molecule has 152 valence electrons. The predicted octanol–water partition coefficient (Wildman–Crippen LogP) is 2.42. The summed E-state index contributed by atoms with van der Waals surface area (Å²) in [7, 11) is 3.14. The first-order chi connectivity index (χ1) is 13.1. The van der Waals surface area contributed by atoms with Crippen molar-refractivity contribution in [3.05, 3.63) is 29.3 Å². The molecule has 1 aromatic carbocycles. The topological polar surface area (TPSA) is 81.2 Å². The van der Waals surface area contributed by atoms with Gasteiger partial charge in [0.15, 0.2) is 5.96 Å². The van der Waals surface area contributed by atoms with E-state index in [2.05, 4.69) is 32.5 Å². The molecule has 0 aromatic heterocycles. The molecule has 0 fully saturated rings. The molecule has 7 nitrogen and oxygen atoms in total. The SMILES string of the molecule is CCOCCOc1cc(C)ccc1CNC(=NC)NCCCCC(=O)OC. The van der Waals surface area contributed by atoms with Crippen LogP contribution in [0.1, 0.15) is 37.3 Å². The molecule has 0 atom stereocenters. The van der Waals surface area contributed by atoms with Crippen LogP contribution in [0.2, 0.25) is 0 Å². The fourth-order valence-corrected chi connectivity index (χ4v) is 2.40. The van der Waals surface area contributed by atoms with Crippen LogP contribution >= 0.6 is 0 Å². The fourth-order valence-electron chi connectivity index (χ4n) is 2.40. The molecule has 0 heterocycles. The quantitative estimate of drug-likeness (QED) is 0.251. The Labute approximate surface area is 162 Å². The Bertz CT molecular complexity index is 591. The number of hydrogen-bond donors (Lipinski definition) is 2. The van der Waals surface area contributed by atoms with Gasteiger partial charge in [-0.3, -0.25) is 9.79 Å². The summed E-state index contributed by atoms with van der Waals surface area (Å²) in [5.74, 6) is 1.40. The second-order valence-electron chi connectivity index (χ2n) is 6.04. The number of guanidine groups is 1. The van der Waals surface area contributed by atoms with Gasteiger partial charge in [-0.2, -0.15) is 0 Å². The first-order valence-electron chi connectivity index (χ1n) is 9.42. The zero-order valence-electron chi connectivity index (χ0n) is 17.0. The first kappa shape index (κ1) is 22.8. The maximum absolute atomic E-state index is 11.1. The average molecular weight is 380 g/mol. The molecule has 0 spiro atoms. The Kier molecular flexibility index (Phi) is 11.7. The maximum atomic E-state index is 11.1. The van der Waals surface area contributed by atoms with Crippen LogP contribution in [0.3, 0.4) is 0 Å². The van der Waals surface area contributed by atoms with Crippen molar-refractivity contribution in [3.8, 4) is 5.75 Å². The molecule has 0 aliphatic rings. The molecule has 0 saturated heterocycles. The van der Waals surface area contributed by atoms with E-state index >= 15 is 0 Å². The minimum Gasteiger partial charge on any atom is -0.491 e. The van der Waals surface area contributed by atoms with Crippen molar-refractivity contribution in [1.82, 2.24) is 10.6 Å². The highest BCUT2D eigenvalue weighted by atomic mass is 16.5. The fraction of sp³-hybridized carbons (Fsp3) is 0.600.